The molecular weight excluding hydrogens is 254 g/mol. The number of hydrogen-bond donors (Lipinski definition) is 0. The zero-order valence-electron chi connectivity index (χ0n) is 10.1. The van der Waals surface area contributed by atoms with Crippen LogP contribution in [0.25, 0.3) is 11.1 Å². The summed E-state index contributed by atoms with van der Waals surface area (Å²) in [6.45, 7) is 5.03. The zero-order chi connectivity index (χ0) is 12.5. The van der Waals surface area contributed by atoms with Crippen LogP contribution in [-0.4, -0.2) is 36.3 Å². The summed E-state index contributed by atoms with van der Waals surface area (Å²) in [4.78, 5) is 10.6. The quantitative estimate of drug-likeness (QED) is 0.782. The van der Waals surface area contributed by atoms with Gasteiger partial charge in [-0.2, -0.15) is 4.98 Å². The fourth-order valence-electron chi connectivity index (χ4n) is 2.10. The molecule has 0 atom stereocenters. The van der Waals surface area contributed by atoms with Crippen molar-refractivity contribution in [1.82, 2.24) is 9.97 Å². The lowest BCUT2D eigenvalue weighted by Crippen LogP contribution is -2.36. The summed E-state index contributed by atoms with van der Waals surface area (Å²) < 4.78 is 11.1. The lowest BCUT2D eigenvalue weighted by Gasteiger charge is -2.27. The first-order valence-corrected chi connectivity index (χ1v) is 6.44. The second-order valence-corrected chi connectivity index (χ2v) is 4.53. The van der Waals surface area contributed by atoms with E-state index < -0.39 is 0 Å². The van der Waals surface area contributed by atoms with Gasteiger partial charge in [0, 0.05) is 25.6 Å². The molecule has 5 nitrogen and oxygen atoms in total. The minimum absolute atomic E-state index is 0.257. The number of aromatic nitrogens is 2. The zero-order valence-corrected chi connectivity index (χ0v) is 10.9. The molecule has 6 heteroatoms. The Morgan fingerprint density at radius 3 is 2.83 bits per heavy atom. The molecule has 3 rings (SSSR count). The van der Waals surface area contributed by atoms with Crippen LogP contribution in [0.1, 0.15) is 12.7 Å². The molecule has 2 aromatic heterocycles. The Bertz CT molecular complexity index is 564. The Labute approximate surface area is 110 Å². The number of morpholine rings is 1. The number of ether oxygens (including phenoxy) is 1. The van der Waals surface area contributed by atoms with Crippen LogP contribution in [0, 0.1) is 0 Å². The summed E-state index contributed by atoms with van der Waals surface area (Å²) >= 11 is 5.97. The standard InChI is InChI=1S/C12H14ClN3O2/c1-2-8-7-9-10(18-8)11(15-12(13)14-9)16-3-5-17-6-4-16/h7H,2-6H2,1H3. The van der Waals surface area contributed by atoms with Crippen LogP contribution in [-0.2, 0) is 11.2 Å². The first-order chi connectivity index (χ1) is 8.78. The van der Waals surface area contributed by atoms with Crippen molar-refractivity contribution in [1.29, 1.82) is 0 Å². The van der Waals surface area contributed by atoms with Gasteiger partial charge in [0.15, 0.2) is 11.4 Å². The first-order valence-electron chi connectivity index (χ1n) is 6.06. The predicted octanol–water partition coefficient (Wildman–Crippen LogP) is 2.28. The molecule has 1 saturated heterocycles. The maximum absolute atomic E-state index is 5.97. The second-order valence-electron chi connectivity index (χ2n) is 4.20. The second kappa shape index (κ2) is 4.74. The molecule has 0 unspecified atom stereocenters. The van der Waals surface area contributed by atoms with E-state index in [9.17, 15) is 0 Å². The lowest BCUT2D eigenvalue weighted by atomic mass is 10.3. The monoisotopic (exact) mass is 267 g/mol. The lowest BCUT2D eigenvalue weighted by molar-refractivity contribution is 0.122. The summed E-state index contributed by atoms with van der Waals surface area (Å²) in [7, 11) is 0. The molecule has 18 heavy (non-hydrogen) atoms. The third-order valence-electron chi connectivity index (χ3n) is 3.04. The summed E-state index contributed by atoms with van der Waals surface area (Å²) in [5.74, 6) is 1.67. The average Bonchev–Trinajstić information content (AvgIpc) is 2.81. The Hall–Kier alpha value is -1.33. The van der Waals surface area contributed by atoms with Gasteiger partial charge >= 0.3 is 0 Å². The van der Waals surface area contributed by atoms with Gasteiger partial charge in [0.25, 0.3) is 0 Å². The Balaban J connectivity index is 2.10. The average molecular weight is 268 g/mol. The van der Waals surface area contributed by atoms with E-state index in [0.29, 0.717) is 13.2 Å². The summed E-state index contributed by atoms with van der Waals surface area (Å²) in [5, 5.41) is 0.257. The highest BCUT2D eigenvalue weighted by Gasteiger charge is 2.20. The van der Waals surface area contributed by atoms with E-state index >= 15 is 0 Å². The van der Waals surface area contributed by atoms with Gasteiger partial charge in [-0.1, -0.05) is 6.92 Å². The number of aryl methyl sites for hydroxylation is 1. The van der Waals surface area contributed by atoms with Crippen LogP contribution in [0.4, 0.5) is 5.82 Å². The SMILES string of the molecule is CCc1cc2nc(Cl)nc(N3CCOCC3)c2o1. The minimum Gasteiger partial charge on any atom is -0.455 e. The highest BCUT2D eigenvalue weighted by atomic mass is 35.5. The van der Waals surface area contributed by atoms with E-state index in [1.54, 1.807) is 0 Å². The smallest absolute Gasteiger partial charge is 0.225 e. The Kier molecular flexibility index (Phi) is 3.09. The van der Waals surface area contributed by atoms with Crippen molar-refractivity contribution in [2.24, 2.45) is 0 Å². The maximum Gasteiger partial charge on any atom is 0.225 e. The van der Waals surface area contributed by atoms with Crippen LogP contribution in [0.15, 0.2) is 10.5 Å². The molecular formula is C12H14ClN3O2. The fraction of sp³-hybridized carbons (Fsp3) is 0.500. The van der Waals surface area contributed by atoms with Crippen molar-refractivity contribution in [2.75, 3.05) is 31.2 Å². The topological polar surface area (TPSA) is 51.4 Å². The largest absolute Gasteiger partial charge is 0.455 e. The third kappa shape index (κ3) is 2.04. The van der Waals surface area contributed by atoms with Crippen molar-refractivity contribution >= 4 is 28.5 Å². The highest BCUT2D eigenvalue weighted by molar-refractivity contribution is 6.28. The van der Waals surface area contributed by atoms with Gasteiger partial charge < -0.3 is 14.1 Å². The maximum atomic E-state index is 5.97. The molecule has 0 saturated carbocycles. The molecule has 0 amide bonds. The minimum atomic E-state index is 0.257. The van der Waals surface area contributed by atoms with Crippen molar-refractivity contribution in [3.63, 3.8) is 0 Å². The number of rotatable bonds is 2. The van der Waals surface area contributed by atoms with E-state index in [2.05, 4.69) is 14.9 Å². The molecule has 0 radical (unpaired) electrons. The molecule has 0 N–H and O–H groups in total. The van der Waals surface area contributed by atoms with Gasteiger partial charge in [0.1, 0.15) is 11.3 Å². The van der Waals surface area contributed by atoms with E-state index in [1.807, 2.05) is 13.0 Å². The summed E-state index contributed by atoms with van der Waals surface area (Å²) in [5.41, 5.74) is 1.49. The van der Waals surface area contributed by atoms with Crippen LogP contribution in [0.3, 0.4) is 0 Å². The van der Waals surface area contributed by atoms with Gasteiger partial charge in [0.05, 0.1) is 13.2 Å². The molecule has 0 aliphatic carbocycles. The molecule has 2 aromatic rings. The summed E-state index contributed by atoms with van der Waals surface area (Å²) in [6.07, 6.45) is 0.830. The number of anilines is 1. The molecule has 0 aromatic carbocycles. The van der Waals surface area contributed by atoms with Gasteiger partial charge in [-0.25, -0.2) is 4.98 Å². The number of fused-ring (bicyclic) bond motifs is 1. The third-order valence-corrected chi connectivity index (χ3v) is 3.21. The normalized spacial score (nSPS) is 16.4. The van der Waals surface area contributed by atoms with E-state index in [0.717, 1.165) is 42.2 Å². The van der Waals surface area contributed by atoms with Gasteiger partial charge in [-0.15, -0.1) is 0 Å². The molecule has 1 aliphatic heterocycles. The fourth-order valence-corrected chi connectivity index (χ4v) is 2.27. The molecule has 0 bridgehead atoms. The number of hydrogen-bond acceptors (Lipinski definition) is 5. The Morgan fingerprint density at radius 2 is 2.11 bits per heavy atom. The van der Waals surface area contributed by atoms with Crippen molar-refractivity contribution in [3.05, 3.63) is 17.1 Å². The Morgan fingerprint density at radius 1 is 1.33 bits per heavy atom. The van der Waals surface area contributed by atoms with E-state index in [1.165, 1.54) is 0 Å². The molecule has 0 spiro atoms. The number of nitrogens with zero attached hydrogens (tertiary/aromatic N) is 3. The van der Waals surface area contributed by atoms with Crippen LogP contribution in [0.2, 0.25) is 5.28 Å². The predicted molar refractivity (Wildman–Crippen MR) is 69.2 cm³/mol. The van der Waals surface area contributed by atoms with Crippen LogP contribution >= 0.6 is 11.6 Å². The van der Waals surface area contributed by atoms with Gasteiger partial charge in [-0.05, 0) is 11.6 Å². The van der Waals surface area contributed by atoms with Crippen LogP contribution < -0.4 is 4.90 Å². The van der Waals surface area contributed by atoms with Gasteiger partial charge in [0.2, 0.25) is 5.28 Å². The van der Waals surface area contributed by atoms with Gasteiger partial charge in [-0.3, -0.25) is 0 Å². The molecule has 1 aliphatic rings. The highest BCUT2D eigenvalue weighted by Crippen LogP contribution is 2.28. The summed E-state index contributed by atoms with van der Waals surface area (Å²) in [6, 6.07) is 1.92. The van der Waals surface area contributed by atoms with Crippen molar-refractivity contribution in [2.45, 2.75) is 13.3 Å². The van der Waals surface area contributed by atoms with Crippen molar-refractivity contribution in [3.8, 4) is 0 Å². The van der Waals surface area contributed by atoms with E-state index in [4.69, 9.17) is 20.8 Å². The van der Waals surface area contributed by atoms with Crippen molar-refractivity contribution < 1.29 is 9.15 Å². The molecule has 3 heterocycles. The van der Waals surface area contributed by atoms with E-state index in [-0.39, 0.29) is 5.28 Å². The first kappa shape index (κ1) is 11.7. The number of halogens is 1. The number of furan rings is 1. The molecule has 96 valence electrons. The molecule has 1 fully saturated rings. The van der Waals surface area contributed by atoms with Crippen LogP contribution in [0.5, 0.6) is 0 Å².